The number of methoxy groups -OCH3 is 1. The van der Waals surface area contributed by atoms with Crippen molar-refractivity contribution >= 4 is 23.1 Å². The molecule has 0 atom stereocenters. The summed E-state index contributed by atoms with van der Waals surface area (Å²) in [5.41, 5.74) is 1.69. The maximum absolute atomic E-state index is 11.8. The summed E-state index contributed by atoms with van der Waals surface area (Å²) in [5, 5.41) is 6.60. The number of rotatable bonds is 4. The molecule has 1 heterocycles. The number of hydrogen-bond donors (Lipinski definition) is 2. The predicted molar refractivity (Wildman–Crippen MR) is 80.4 cm³/mol. The van der Waals surface area contributed by atoms with E-state index in [2.05, 4.69) is 15.6 Å². The number of anilines is 1. The summed E-state index contributed by atoms with van der Waals surface area (Å²) in [6.45, 7) is 4.39. The molecule has 0 saturated carbocycles. The van der Waals surface area contributed by atoms with E-state index in [9.17, 15) is 4.79 Å². The Balaban J connectivity index is 1.87. The second-order valence-electron chi connectivity index (χ2n) is 4.28. The number of amides is 2. The molecule has 0 bridgehead atoms. The van der Waals surface area contributed by atoms with Crippen molar-refractivity contribution in [2.75, 3.05) is 12.4 Å². The molecule has 0 radical (unpaired) electrons. The van der Waals surface area contributed by atoms with E-state index in [1.807, 2.05) is 13.8 Å². The molecule has 5 nitrogen and oxygen atoms in total. The predicted octanol–water partition coefficient (Wildman–Crippen LogP) is 3.09. The fraction of sp³-hybridized carbons (Fsp3) is 0.286. The SMILES string of the molecule is COc1ccc(NC(=O)NCc2sc(C)nc2C)cc1. The average molecular weight is 291 g/mol. The van der Waals surface area contributed by atoms with Crippen LogP contribution in [0.2, 0.25) is 0 Å². The van der Waals surface area contributed by atoms with E-state index in [1.165, 1.54) is 0 Å². The highest BCUT2D eigenvalue weighted by atomic mass is 32.1. The van der Waals surface area contributed by atoms with Gasteiger partial charge in [-0.15, -0.1) is 11.3 Å². The largest absolute Gasteiger partial charge is 0.497 e. The number of thiazole rings is 1. The van der Waals surface area contributed by atoms with Gasteiger partial charge >= 0.3 is 6.03 Å². The van der Waals surface area contributed by atoms with Crippen LogP contribution < -0.4 is 15.4 Å². The maximum Gasteiger partial charge on any atom is 0.319 e. The molecule has 20 heavy (non-hydrogen) atoms. The van der Waals surface area contributed by atoms with E-state index >= 15 is 0 Å². The van der Waals surface area contributed by atoms with Crippen LogP contribution in [-0.4, -0.2) is 18.1 Å². The number of benzene rings is 1. The van der Waals surface area contributed by atoms with Crippen LogP contribution in [0.1, 0.15) is 15.6 Å². The Morgan fingerprint density at radius 3 is 2.55 bits per heavy atom. The first-order chi connectivity index (χ1) is 9.58. The van der Waals surface area contributed by atoms with E-state index < -0.39 is 0 Å². The summed E-state index contributed by atoms with van der Waals surface area (Å²) in [6, 6.07) is 6.94. The molecule has 1 aromatic carbocycles. The van der Waals surface area contributed by atoms with E-state index in [0.29, 0.717) is 6.54 Å². The molecule has 0 fully saturated rings. The number of aryl methyl sites for hydroxylation is 2. The Labute approximate surface area is 122 Å². The van der Waals surface area contributed by atoms with Gasteiger partial charge in [0.1, 0.15) is 5.75 Å². The molecule has 1 aromatic heterocycles. The summed E-state index contributed by atoms with van der Waals surface area (Å²) in [4.78, 5) is 17.2. The fourth-order valence-electron chi connectivity index (χ4n) is 1.75. The maximum atomic E-state index is 11.8. The molecule has 0 unspecified atom stereocenters. The van der Waals surface area contributed by atoms with Crippen molar-refractivity contribution in [1.82, 2.24) is 10.3 Å². The lowest BCUT2D eigenvalue weighted by molar-refractivity contribution is 0.252. The molecule has 106 valence electrons. The van der Waals surface area contributed by atoms with Crippen molar-refractivity contribution in [3.63, 3.8) is 0 Å². The summed E-state index contributed by atoms with van der Waals surface area (Å²) in [6.07, 6.45) is 0. The van der Waals surface area contributed by atoms with Crippen molar-refractivity contribution in [3.8, 4) is 5.75 Å². The standard InChI is InChI=1S/C14H17N3O2S/c1-9-13(20-10(2)16-9)8-15-14(18)17-11-4-6-12(19-3)7-5-11/h4-7H,8H2,1-3H3,(H2,15,17,18). The molecule has 2 aromatic rings. The van der Waals surface area contributed by atoms with Gasteiger partial charge in [0, 0.05) is 10.6 Å². The van der Waals surface area contributed by atoms with Gasteiger partial charge in [0.25, 0.3) is 0 Å². The van der Waals surface area contributed by atoms with Gasteiger partial charge in [0.2, 0.25) is 0 Å². The first-order valence-corrected chi connectivity index (χ1v) is 7.02. The van der Waals surface area contributed by atoms with Crippen LogP contribution in [0.5, 0.6) is 5.75 Å². The van der Waals surface area contributed by atoms with Crippen LogP contribution in [0.4, 0.5) is 10.5 Å². The van der Waals surface area contributed by atoms with Gasteiger partial charge in [0.05, 0.1) is 24.4 Å². The minimum absolute atomic E-state index is 0.236. The zero-order valence-electron chi connectivity index (χ0n) is 11.7. The lowest BCUT2D eigenvalue weighted by Gasteiger charge is -2.07. The zero-order valence-corrected chi connectivity index (χ0v) is 12.5. The highest BCUT2D eigenvalue weighted by molar-refractivity contribution is 7.11. The molecule has 0 spiro atoms. The molecule has 0 aliphatic carbocycles. The molecule has 2 N–H and O–H groups in total. The topological polar surface area (TPSA) is 63.2 Å². The third-order valence-electron chi connectivity index (χ3n) is 2.76. The van der Waals surface area contributed by atoms with E-state index in [-0.39, 0.29) is 6.03 Å². The lowest BCUT2D eigenvalue weighted by atomic mass is 10.3. The van der Waals surface area contributed by atoms with Crippen LogP contribution in [0.15, 0.2) is 24.3 Å². The molecule has 0 aliphatic heterocycles. The normalized spacial score (nSPS) is 10.2. The number of urea groups is 1. The average Bonchev–Trinajstić information content (AvgIpc) is 2.75. The number of ether oxygens (including phenoxy) is 1. The van der Waals surface area contributed by atoms with E-state index in [1.54, 1.807) is 42.7 Å². The zero-order chi connectivity index (χ0) is 14.5. The highest BCUT2D eigenvalue weighted by Gasteiger charge is 2.07. The number of aromatic nitrogens is 1. The second-order valence-corrected chi connectivity index (χ2v) is 5.57. The van der Waals surface area contributed by atoms with Crippen LogP contribution in [0, 0.1) is 13.8 Å². The monoisotopic (exact) mass is 291 g/mol. The molecule has 2 amide bonds. The highest BCUT2D eigenvalue weighted by Crippen LogP contribution is 2.17. The first-order valence-electron chi connectivity index (χ1n) is 6.20. The molecular weight excluding hydrogens is 274 g/mol. The van der Waals surface area contributed by atoms with E-state index in [0.717, 1.165) is 27.0 Å². The van der Waals surface area contributed by atoms with Gasteiger partial charge in [-0.1, -0.05) is 0 Å². The second kappa shape index (κ2) is 6.38. The smallest absolute Gasteiger partial charge is 0.319 e. The Bertz CT molecular complexity index is 593. The molecule has 2 rings (SSSR count). The minimum atomic E-state index is -0.236. The number of nitrogens with one attached hydrogen (secondary N) is 2. The molecule has 0 aliphatic rings. The number of carbonyl (C=O) groups is 1. The van der Waals surface area contributed by atoms with Gasteiger partial charge in [0.15, 0.2) is 0 Å². The first kappa shape index (κ1) is 14.3. The van der Waals surface area contributed by atoms with Crippen LogP contribution >= 0.6 is 11.3 Å². The number of hydrogen-bond acceptors (Lipinski definition) is 4. The van der Waals surface area contributed by atoms with Crippen LogP contribution in [0.3, 0.4) is 0 Å². The number of carbonyl (C=O) groups excluding carboxylic acids is 1. The Kier molecular flexibility index (Phi) is 4.57. The van der Waals surface area contributed by atoms with Crippen molar-refractivity contribution in [1.29, 1.82) is 0 Å². The summed E-state index contributed by atoms with van der Waals surface area (Å²) < 4.78 is 5.06. The lowest BCUT2D eigenvalue weighted by Crippen LogP contribution is -2.28. The quantitative estimate of drug-likeness (QED) is 0.910. The third-order valence-corrected chi connectivity index (χ3v) is 3.83. The van der Waals surface area contributed by atoms with Crippen molar-refractivity contribution < 1.29 is 9.53 Å². The van der Waals surface area contributed by atoms with Crippen molar-refractivity contribution in [2.24, 2.45) is 0 Å². The number of nitrogens with zero attached hydrogens (tertiary/aromatic N) is 1. The van der Waals surface area contributed by atoms with Gasteiger partial charge in [-0.2, -0.15) is 0 Å². The van der Waals surface area contributed by atoms with Crippen LogP contribution in [-0.2, 0) is 6.54 Å². The molecule has 6 heteroatoms. The Morgan fingerprint density at radius 2 is 2.00 bits per heavy atom. The molecular formula is C14H17N3O2S. The van der Waals surface area contributed by atoms with Crippen molar-refractivity contribution in [3.05, 3.63) is 39.8 Å². The third kappa shape index (κ3) is 3.71. The molecule has 0 saturated heterocycles. The Hall–Kier alpha value is -2.08. The minimum Gasteiger partial charge on any atom is -0.497 e. The van der Waals surface area contributed by atoms with Crippen molar-refractivity contribution in [2.45, 2.75) is 20.4 Å². The fourth-order valence-corrected chi connectivity index (χ4v) is 2.62. The summed E-state index contributed by atoms with van der Waals surface area (Å²) >= 11 is 1.60. The Morgan fingerprint density at radius 1 is 1.30 bits per heavy atom. The van der Waals surface area contributed by atoms with Gasteiger partial charge in [-0.3, -0.25) is 0 Å². The van der Waals surface area contributed by atoms with E-state index in [4.69, 9.17) is 4.74 Å². The van der Waals surface area contributed by atoms with Gasteiger partial charge < -0.3 is 15.4 Å². The van der Waals surface area contributed by atoms with Gasteiger partial charge in [-0.25, -0.2) is 9.78 Å². The summed E-state index contributed by atoms with van der Waals surface area (Å²) in [7, 11) is 1.61. The summed E-state index contributed by atoms with van der Waals surface area (Å²) in [5.74, 6) is 0.756. The van der Waals surface area contributed by atoms with Crippen LogP contribution in [0.25, 0.3) is 0 Å². The van der Waals surface area contributed by atoms with Gasteiger partial charge in [-0.05, 0) is 38.1 Å².